The van der Waals surface area contributed by atoms with Gasteiger partial charge >= 0.3 is 0 Å². The van der Waals surface area contributed by atoms with Crippen molar-refractivity contribution in [3.63, 3.8) is 0 Å². The number of piperidine rings is 1. The zero-order chi connectivity index (χ0) is 10.7. The standard InChI is InChI=1S/C12H19NOS/c1-10-7-11(9-14)15-12(10)8-13-5-3-2-4-6-13/h7,14H,2-6,8-9H2,1H3. The first-order chi connectivity index (χ1) is 7.29. The Balaban J connectivity index is 1.99. The minimum atomic E-state index is 0.186. The topological polar surface area (TPSA) is 23.5 Å². The summed E-state index contributed by atoms with van der Waals surface area (Å²) in [6, 6.07) is 2.12. The summed E-state index contributed by atoms with van der Waals surface area (Å²) in [5.41, 5.74) is 1.34. The van der Waals surface area contributed by atoms with E-state index >= 15 is 0 Å². The third kappa shape index (κ3) is 2.80. The molecule has 0 unspecified atom stereocenters. The molecule has 84 valence electrons. The quantitative estimate of drug-likeness (QED) is 0.854. The first-order valence-electron chi connectivity index (χ1n) is 5.71. The van der Waals surface area contributed by atoms with Crippen LogP contribution in [-0.2, 0) is 13.2 Å². The number of aliphatic hydroxyl groups excluding tert-OH is 1. The van der Waals surface area contributed by atoms with Gasteiger partial charge < -0.3 is 5.11 Å². The Bertz CT molecular complexity index is 315. The van der Waals surface area contributed by atoms with E-state index < -0.39 is 0 Å². The van der Waals surface area contributed by atoms with Gasteiger partial charge in [0.05, 0.1) is 6.61 Å². The molecule has 0 spiro atoms. The Kier molecular flexibility index (Phi) is 3.78. The van der Waals surface area contributed by atoms with Gasteiger partial charge in [0.15, 0.2) is 0 Å². The number of likely N-dealkylation sites (tertiary alicyclic amines) is 1. The SMILES string of the molecule is Cc1cc(CO)sc1CN1CCCCC1. The lowest BCUT2D eigenvalue weighted by molar-refractivity contribution is 0.222. The average molecular weight is 225 g/mol. The van der Waals surface area contributed by atoms with Crippen LogP contribution in [0.25, 0.3) is 0 Å². The van der Waals surface area contributed by atoms with E-state index in [1.54, 1.807) is 11.3 Å². The Hall–Kier alpha value is -0.380. The Morgan fingerprint density at radius 2 is 2.07 bits per heavy atom. The van der Waals surface area contributed by atoms with Crippen molar-refractivity contribution in [2.24, 2.45) is 0 Å². The van der Waals surface area contributed by atoms with Crippen LogP contribution in [0.2, 0.25) is 0 Å². The highest BCUT2D eigenvalue weighted by molar-refractivity contribution is 7.12. The average Bonchev–Trinajstić information content (AvgIpc) is 2.61. The second-order valence-electron chi connectivity index (χ2n) is 4.31. The molecule has 1 aliphatic heterocycles. The lowest BCUT2D eigenvalue weighted by atomic mass is 10.1. The number of aryl methyl sites for hydroxylation is 1. The van der Waals surface area contributed by atoms with Crippen molar-refractivity contribution < 1.29 is 5.11 Å². The number of hydrogen-bond donors (Lipinski definition) is 1. The van der Waals surface area contributed by atoms with Crippen molar-refractivity contribution in [1.29, 1.82) is 0 Å². The first-order valence-corrected chi connectivity index (χ1v) is 6.52. The minimum absolute atomic E-state index is 0.186. The molecule has 0 saturated carbocycles. The fourth-order valence-corrected chi connectivity index (χ4v) is 3.23. The molecule has 0 aromatic carbocycles. The normalized spacial score (nSPS) is 18.3. The van der Waals surface area contributed by atoms with E-state index in [2.05, 4.69) is 17.9 Å². The van der Waals surface area contributed by atoms with Gasteiger partial charge in [-0.25, -0.2) is 0 Å². The number of hydrogen-bond acceptors (Lipinski definition) is 3. The van der Waals surface area contributed by atoms with Gasteiger partial charge in [-0.3, -0.25) is 4.90 Å². The maximum absolute atomic E-state index is 9.08. The van der Waals surface area contributed by atoms with Crippen LogP contribution in [0.5, 0.6) is 0 Å². The van der Waals surface area contributed by atoms with Gasteiger partial charge in [-0.15, -0.1) is 11.3 Å². The van der Waals surface area contributed by atoms with E-state index in [1.807, 2.05) is 0 Å². The van der Waals surface area contributed by atoms with Crippen molar-refractivity contribution in [2.75, 3.05) is 13.1 Å². The van der Waals surface area contributed by atoms with Crippen LogP contribution in [0.3, 0.4) is 0 Å². The van der Waals surface area contributed by atoms with Gasteiger partial charge in [0.1, 0.15) is 0 Å². The Labute approximate surface area is 95.5 Å². The van der Waals surface area contributed by atoms with E-state index in [9.17, 15) is 0 Å². The summed E-state index contributed by atoms with van der Waals surface area (Å²) in [6.45, 7) is 5.90. The molecule has 1 aromatic rings. The zero-order valence-corrected chi connectivity index (χ0v) is 10.1. The molecule has 15 heavy (non-hydrogen) atoms. The molecule has 1 aromatic heterocycles. The first kappa shape index (κ1) is 11.1. The summed E-state index contributed by atoms with van der Waals surface area (Å²) in [6.07, 6.45) is 4.08. The van der Waals surface area contributed by atoms with Crippen molar-refractivity contribution in [3.8, 4) is 0 Å². The molecule has 3 heteroatoms. The van der Waals surface area contributed by atoms with Gasteiger partial charge in [-0.1, -0.05) is 6.42 Å². The number of aliphatic hydroxyl groups is 1. The second-order valence-corrected chi connectivity index (χ2v) is 5.54. The summed E-state index contributed by atoms with van der Waals surface area (Å²) >= 11 is 1.76. The van der Waals surface area contributed by atoms with E-state index in [0.717, 1.165) is 11.4 Å². The van der Waals surface area contributed by atoms with Gasteiger partial charge in [0.2, 0.25) is 0 Å². The maximum atomic E-state index is 9.08. The van der Waals surface area contributed by atoms with E-state index in [0.29, 0.717) is 0 Å². The van der Waals surface area contributed by atoms with Crippen LogP contribution < -0.4 is 0 Å². The van der Waals surface area contributed by atoms with Crippen molar-refractivity contribution in [1.82, 2.24) is 4.90 Å². The van der Waals surface area contributed by atoms with E-state index in [4.69, 9.17) is 5.11 Å². The Morgan fingerprint density at radius 3 is 2.67 bits per heavy atom. The fraction of sp³-hybridized carbons (Fsp3) is 0.667. The highest BCUT2D eigenvalue weighted by Crippen LogP contribution is 2.24. The van der Waals surface area contributed by atoms with Crippen LogP contribution in [0.4, 0.5) is 0 Å². The molecule has 0 amide bonds. The molecule has 2 rings (SSSR count). The molecule has 0 bridgehead atoms. The molecule has 2 nitrogen and oxygen atoms in total. The molecular weight excluding hydrogens is 206 g/mol. The summed E-state index contributed by atoms with van der Waals surface area (Å²) in [4.78, 5) is 5.06. The van der Waals surface area contributed by atoms with Crippen molar-refractivity contribution >= 4 is 11.3 Å². The monoisotopic (exact) mass is 225 g/mol. The summed E-state index contributed by atoms with van der Waals surface area (Å²) in [5.74, 6) is 0. The highest BCUT2D eigenvalue weighted by Gasteiger charge is 2.13. The molecule has 2 heterocycles. The smallest absolute Gasteiger partial charge is 0.0774 e. The molecule has 1 N–H and O–H groups in total. The second kappa shape index (κ2) is 5.10. The van der Waals surface area contributed by atoms with E-state index in [1.165, 1.54) is 42.8 Å². The lowest BCUT2D eigenvalue weighted by Crippen LogP contribution is -2.28. The zero-order valence-electron chi connectivity index (χ0n) is 9.33. The largest absolute Gasteiger partial charge is 0.391 e. The summed E-state index contributed by atoms with van der Waals surface area (Å²) < 4.78 is 0. The van der Waals surface area contributed by atoms with Gasteiger partial charge in [0, 0.05) is 16.3 Å². The summed E-state index contributed by atoms with van der Waals surface area (Å²) in [5, 5.41) is 9.08. The van der Waals surface area contributed by atoms with Crippen LogP contribution >= 0.6 is 11.3 Å². The molecule has 1 saturated heterocycles. The van der Waals surface area contributed by atoms with Gasteiger partial charge in [-0.2, -0.15) is 0 Å². The highest BCUT2D eigenvalue weighted by atomic mass is 32.1. The maximum Gasteiger partial charge on any atom is 0.0774 e. The van der Waals surface area contributed by atoms with Crippen molar-refractivity contribution in [3.05, 3.63) is 21.4 Å². The van der Waals surface area contributed by atoms with Crippen LogP contribution in [0.1, 0.15) is 34.6 Å². The third-order valence-electron chi connectivity index (χ3n) is 3.04. The molecule has 1 aliphatic rings. The molecule has 0 aliphatic carbocycles. The third-order valence-corrected chi connectivity index (χ3v) is 4.25. The molecular formula is C12H19NOS. The number of nitrogens with zero attached hydrogens (tertiary/aromatic N) is 1. The number of thiophene rings is 1. The van der Waals surface area contributed by atoms with Crippen LogP contribution in [0, 0.1) is 6.92 Å². The predicted molar refractivity (Wildman–Crippen MR) is 64.1 cm³/mol. The summed E-state index contributed by atoms with van der Waals surface area (Å²) in [7, 11) is 0. The molecule has 0 atom stereocenters. The van der Waals surface area contributed by atoms with Crippen LogP contribution in [0.15, 0.2) is 6.07 Å². The van der Waals surface area contributed by atoms with Gasteiger partial charge in [-0.05, 0) is 44.5 Å². The minimum Gasteiger partial charge on any atom is -0.391 e. The van der Waals surface area contributed by atoms with Gasteiger partial charge in [0.25, 0.3) is 0 Å². The van der Waals surface area contributed by atoms with E-state index in [-0.39, 0.29) is 6.61 Å². The van der Waals surface area contributed by atoms with Crippen molar-refractivity contribution in [2.45, 2.75) is 39.3 Å². The fourth-order valence-electron chi connectivity index (χ4n) is 2.15. The Morgan fingerprint density at radius 1 is 1.33 bits per heavy atom. The molecule has 1 fully saturated rings. The number of rotatable bonds is 3. The van der Waals surface area contributed by atoms with Crippen LogP contribution in [-0.4, -0.2) is 23.1 Å². The predicted octanol–water partition coefficient (Wildman–Crippen LogP) is 2.53. The lowest BCUT2D eigenvalue weighted by Gasteiger charge is -2.26. The molecule has 0 radical (unpaired) electrons.